The third-order valence-corrected chi connectivity index (χ3v) is 5.13. The van der Waals surface area contributed by atoms with Gasteiger partial charge in [-0.2, -0.15) is 8.78 Å². The molecule has 0 bridgehead atoms. The molecular formula is C23H30F2O4. The van der Waals surface area contributed by atoms with E-state index >= 15 is 0 Å². The number of alkyl halides is 2. The monoisotopic (exact) mass is 408 g/mol. The summed E-state index contributed by atoms with van der Waals surface area (Å²) >= 11 is 0. The lowest BCUT2D eigenvalue weighted by molar-refractivity contribution is -0.117. The second kappa shape index (κ2) is 11.2. The standard InChI is InChI=1S/C23H30F2O4/c1-17(26)9-5-2-3-8-12-19-20(22(28)15-21(19)27)13-14-23(24,25)16-29-18-10-6-4-7-11-18/h3-4,6-8,10-11,13-14,19-22,27-28H,2,5,9,12,15-16H2,1H3. The molecule has 0 spiro atoms. The highest BCUT2D eigenvalue weighted by atomic mass is 19.3. The van der Waals surface area contributed by atoms with Crippen LogP contribution in [0.3, 0.4) is 0 Å². The molecule has 1 aliphatic carbocycles. The average Bonchev–Trinajstić information content (AvgIpc) is 2.94. The van der Waals surface area contributed by atoms with Crippen LogP contribution in [0.25, 0.3) is 0 Å². The van der Waals surface area contributed by atoms with Crippen LogP contribution in [0.5, 0.6) is 5.75 Å². The lowest BCUT2D eigenvalue weighted by Gasteiger charge is -2.20. The molecule has 6 heteroatoms. The molecule has 0 radical (unpaired) electrons. The van der Waals surface area contributed by atoms with E-state index < -0.39 is 30.7 Å². The predicted octanol–water partition coefficient (Wildman–Crippen LogP) is 4.32. The van der Waals surface area contributed by atoms with E-state index in [4.69, 9.17) is 4.74 Å². The Balaban J connectivity index is 1.89. The maximum atomic E-state index is 14.2. The first-order valence-electron chi connectivity index (χ1n) is 10.0. The average molecular weight is 408 g/mol. The van der Waals surface area contributed by atoms with Gasteiger partial charge >= 0.3 is 0 Å². The summed E-state index contributed by atoms with van der Waals surface area (Å²) in [6, 6.07) is 8.40. The Morgan fingerprint density at radius 2 is 1.93 bits per heavy atom. The Kier molecular flexibility index (Phi) is 8.99. The molecule has 4 nitrogen and oxygen atoms in total. The third kappa shape index (κ3) is 8.07. The van der Waals surface area contributed by atoms with Gasteiger partial charge in [0.2, 0.25) is 0 Å². The van der Waals surface area contributed by atoms with Gasteiger partial charge < -0.3 is 19.7 Å². The fourth-order valence-electron chi connectivity index (χ4n) is 3.54. The van der Waals surface area contributed by atoms with Gasteiger partial charge in [-0.3, -0.25) is 0 Å². The molecular weight excluding hydrogens is 378 g/mol. The molecule has 1 saturated carbocycles. The summed E-state index contributed by atoms with van der Waals surface area (Å²) < 4.78 is 33.5. The first kappa shape index (κ1) is 23.2. The van der Waals surface area contributed by atoms with Gasteiger partial charge in [0, 0.05) is 18.8 Å². The lowest BCUT2D eigenvalue weighted by atomic mass is 9.89. The second-order valence-corrected chi connectivity index (χ2v) is 7.63. The van der Waals surface area contributed by atoms with Gasteiger partial charge in [-0.15, -0.1) is 0 Å². The number of benzene rings is 1. The van der Waals surface area contributed by atoms with E-state index in [0.29, 0.717) is 18.6 Å². The van der Waals surface area contributed by atoms with Crippen molar-refractivity contribution in [3.63, 3.8) is 0 Å². The number of halogens is 2. The number of allylic oxidation sites excluding steroid dienone is 2. The summed E-state index contributed by atoms with van der Waals surface area (Å²) in [4.78, 5) is 10.9. The summed E-state index contributed by atoms with van der Waals surface area (Å²) in [6.45, 7) is 0.761. The van der Waals surface area contributed by atoms with E-state index in [1.165, 1.54) is 6.08 Å². The first-order chi connectivity index (χ1) is 13.8. The van der Waals surface area contributed by atoms with Crippen LogP contribution in [0.2, 0.25) is 0 Å². The Morgan fingerprint density at radius 1 is 1.21 bits per heavy atom. The summed E-state index contributed by atoms with van der Waals surface area (Å²) in [7, 11) is 0. The van der Waals surface area contributed by atoms with Crippen molar-refractivity contribution in [2.24, 2.45) is 11.8 Å². The molecule has 0 aliphatic heterocycles. The number of aliphatic hydroxyl groups is 2. The molecule has 2 N–H and O–H groups in total. The van der Waals surface area contributed by atoms with Crippen LogP contribution in [-0.4, -0.2) is 40.7 Å². The maximum Gasteiger partial charge on any atom is 0.299 e. The van der Waals surface area contributed by atoms with Gasteiger partial charge in [0.05, 0.1) is 12.2 Å². The molecule has 2 rings (SSSR count). The molecule has 1 aromatic rings. The van der Waals surface area contributed by atoms with E-state index in [-0.39, 0.29) is 18.1 Å². The largest absolute Gasteiger partial charge is 0.487 e. The summed E-state index contributed by atoms with van der Waals surface area (Å²) in [5.74, 6) is -3.54. The van der Waals surface area contributed by atoms with Crippen molar-refractivity contribution in [3.05, 3.63) is 54.6 Å². The van der Waals surface area contributed by atoms with Gasteiger partial charge in [0.15, 0.2) is 6.61 Å². The minimum absolute atomic E-state index is 0.148. The molecule has 1 fully saturated rings. The molecule has 4 atom stereocenters. The van der Waals surface area contributed by atoms with E-state index in [0.717, 1.165) is 18.9 Å². The summed E-state index contributed by atoms with van der Waals surface area (Å²) in [6.07, 6.45) is 7.00. The SMILES string of the molecule is CC(=O)CCCC=CCC1C(O)CC(O)C1C=CC(F)(F)COc1ccccc1. The molecule has 4 unspecified atom stereocenters. The fraction of sp³-hybridized carbons (Fsp3) is 0.522. The van der Waals surface area contributed by atoms with Gasteiger partial charge in [-0.25, -0.2) is 0 Å². The summed E-state index contributed by atoms with van der Waals surface area (Å²) in [5, 5.41) is 20.4. The lowest BCUT2D eigenvalue weighted by Crippen LogP contribution is -2.25. The van der Waals surface area contributed by atoms with Gasteiger partial charge in [-0.05, 0) is 50.3 Å². The van der Waals surface area contributed by atoms with Crippen LogP contribution in [-0.2, 0) is 4.79 Å². The predicted molar refractivity (Wildman–Crippen MR) is 108 cm³/mol. The zero-order valence-corrected chi connectivity index (χ0v) is 16.7. The number of Topliss-reactive ketones (excluding diaryl/α,β-unsaturated/α-hetero) is 1. The normalized spacial score (nSPS) is 25.1. The van der Waals surface area contributed by atoms with Crippen molar-refractivity contribution in [2.45, 2.75) is 57.2 Å². The van der Waals surface area contributed by atoms with Crippen molar-refractivity contribution < 1.29 is 28.5 Å². The number of ether oxygens (including phenoxy) is 1. The highest BCUT2D eigenvalue weighted by Crippen LogP contribution is 2.37. The zero-order valence-electron chi connectivity index (χ0n) is 16.7. The third-order valence-electron chi connectivity index (χ3n) is 5.13. The van der Waals surface area contributed by atoms with Crippen molar-refractivity contribution in [2.75, 3.05) is 6.61 Å². The number of hydrogen-bond acceptors (Lipinski definition) is 4. The van der Waals surface area contributed by atoms with Gasteiger partial charge in [0.25, 0.3) is 5.92 Å². The minimum atomic E-state index is -3.18. The van der Waals surface area contributed by atoms with Crippen LogP contribution in [0.4, 0.5) is 8.78 Å². The molecule has 0 aromatic heterocycles. The number of para-hydroxylation sites is 1. The highest BCUT2D eigenvalue weighted by molar-refractivity contribution is 5.75. The van der Waals surface area contributed by atoms with Crippen LogP contribution in [0, 0.1) is 11.8 Å². The Hall–Kier alpha value is -2.05. The van der Waals surface area contributed by atoms with E-state index in [2.05, 4.69) is 0 Å². The number of aliphatic hydroxyl groups excluding tert-OH is 2. The van der Waals surface area contributed by atoms with Crippen LogP contribution in [0.15, 0.2) is 54.6 Å². The Labute approximate surface area is 170 Å². The number of ketones is 1. The van der Waals surface area contributed by atoms with E-state index in [1.807, 2.05) is 12.2 Å². The van der Waals surface area contributed by atoms with E-state index in [9.17, 15) is 23.8 Å². The van der Waals surface area contributed by atoms with Crippen molar-refractivity contribution >= 4 is 5.78 Å². The number of carbonyl (C=O) groups is 1. The second-order valence-electron chi connectivity index (χ2n) is 7.63. The van der Waals surface area contributed by atoms with Gasteiger partial charge in [0.1, 0.15) is 11.5 Å². The smallest absolute Gasteiger partial charge is 0.299 e. The van der Waals surface area contributed by atoms with E-state index in [1.54, 1.807) is 37.3 Å². The maximum absolute atomic E-state index is 14.2. The van der Waals surface area contributed by atoms with Crippen molar-refractivity contribution in [1.82, 2.24) is 0 Å². The Bertz CT molecular complexity index is 687. The molecule has 29 heavy (non-hydrogen) atoms. The molecule has 0 heterocycles. The first-order valence-corrected chi connectivity index (χ1v) is 10.0. The van der Waals surface area contributed by atoms with Crippen molar-refractivity contribution in [3.8, 4) is 5.75 Å². The topological polar surface area (TPSA) is 66.8 Å². The number of hydrogen-bond donors (Lipinski definition) is 2. The molecule has 0 amide bonds. The number of unbranched alkanes of at least 4 members (excludes halogenated alkanes) is 1. The van der Waals surface area contributed by atoms with Crippen LogP contribution >= 0.6 is 0 Å². The quantitative estimate of drug-likeness (QED) is 0.423. The highest BCUT2D eigenvalue weighted by Gasteiger charge is 2.40. The number of carbonyl (C=O) groups excluding carboxylic acids is 1. The molecule has 0 saturated heterocycles. The van der Waals surface area contributed by atoms with Crippen LogP contribution < -0.4 is 4.74 Å². The van der Waals surface area contributed by atoms with Crippen LogP contribution in [0.1, 0.15) is 39.0 Å². The molecule has 1 aromatic carbocycles. The molecule has 160 valence electrons. The van der Waals surface area contributed by atoms with Crippen molar-refractivity contribution in [1.29, 1.82) is 0 Å². The Morgan fingerprint density at radius 3 is 2.62 bits per heavy atom. The fourth-order valence-corrected chi connectivity index (χ4v) is 3.54. The molecule has 1 aliphatic rings. The zero-order chi connectivity index (χ0) is 21.3. The van der Waals surface area contributed by atoms with Gasteiger partial charge in [-0.1, -0.05) is 36.4 Å². The number of rotatable bonds is 11. The minimum Gasteiger partial charge on any atom is -0.487 e. The summed E-state index contributed by atoms with van der Waals surface area (Å²) in [5.41, 5.74) is 0.